The number of amides is 2. The molecule has 0 bridgehead atoms. The third-order valence-electron chi connectivity index (χ3n) is 6.01. The van der Waals surface area contributed by atoms with E-state index in [4.69, 9.17) is 5.73 Å². The molecule has 8 nitrogen and oxygen atoms in total. The highest BCUT2D eigenvalue weighted by atomic mass is 16.3. The number of benzene rings is 2. The van der Waals surface area contributed by atoms with Gasteiger partial charge in [0.2, 0.25) is 5.91 Å². The van der Waals surface area contributed by atoms with Crippen molar-refractivity contribution in [1.82, 2.24) is 14.1 Å². The highest BCUT2D eigenvalue weighted by Gasteiger charge is 2.10. The van der Waals surface area contributed by atoms with Gasteiger partial charge in [-0.3, -0.25) is 9.59 Å². The third kappa shape index (κ3) is 6.80. The molecule has 0 aliphatic rings. The van der Waals surface area contributed by atoms with Crippen LogP contribution >= 0.6 is 0 Å². The summed E-state index contributed by atoms with van der Waals surface area (Å²) < 4.78 is 3.81. The number of aromatic nitrogens is 3. The maximum Gasteiger partial charge on any atom is 0.268 e. The first-order chi connectivity index (χ1) is 17.0. The van der Waals surface area contributed by atoms with Crippen LogP contribution in [0.3, 0.4) is 0 Å². The molecule has 8 heteroatoms. The predicted molar refractivity (Wildman–Crippen MR) is 136 cm³/mol. The summed E-state index contributed by atoms with van der Waals surface area (Å²) >= 11 is 0. The summed E-state index contributed by atoms with van der Waals surface area (Å²) in [6.45, 7) is 1.10. The van der Waals surface area contributed by atoms with Crippen molar-refractivity contribution >= 4 is 28.4 Å². The van der Waals surface area contributed by atoms with Crippen LogP contribution in [0.4, 0.5) is 5.69 Å². The van der Waals surface area contributed by atoms with Crippen LogP contribution in [0.5, 0.6) is 0 Å². The quantitative estimate of drug-likeness (QED) is 0.291. The number of nitrogens with zero attached hydrogens (tertiary/aromatic N) is 3. The molecule has 0 aliphatic carbocycles. The molecule has 2 heterocycles. The van der Waals surface area contributed by atoms with Crippen molar-refractivity contribution in [2.24, 2.45) is 5.73 Å². The second kappa shape index (κ2) is 11.5. The molecule has 4 N–H and O–H groups in total. The molecule has 0 saturated carbocycles. The number of nitrogens with one attached hydrogen (secondary N) is 1. The number of imidazole rings is 1. The maximum atomic E-state index is 12.4. The molecule has 0 spiro atoms. The van der Waals surface area contributed by atoms with E-state index >= 15 is 0 Å². The summed E-state index contributed by atoms with van der Waals surface area (Å²) in [6.07, 6.45) is 8.05. The Kier molecular flexibility index (Phi) is 7.95. The van der Waals surface area contributed by atoms with Gasteiger partial charge in [0, 0.05) is 37.6 Å². The van der Waals surface area contributed by atoms with Crippen LogP contribution in [0.25, 0.3) is 10.9 Å². The molecule has 35 heavy (non-hydrogen) atoms. The number of carbonyl (C=O) groups is 2. The fraction of sp³-hybridized carbons (Fsp3) is 0.296. The lowest BCUT2D eigenvalue weighted by atomic mass is 10.1. The van der Waals surface area contributed by atoms with E-state index in [1.807, 2.05) is 48.7 Å². The largest absolute Gasteiger partial charge is 0.391 e. The minimum absolute atomic E-state index is 0.0144. The number of aliphatic hydroxyl groups is 1. The van der Waals surface area contributed by atoms with E-state index in [1.54, 1.807) is 10.8 Å². The van der Waals surface area contributed by atoms with Gasteiger partial charge in [0.25, 0.3) is 5.91 Å². The predicted octanol–water partition coefficient (Wildman–Crippen LogP) is 3.74. The molecule has 1 atom stereocenters. The Morgan fingerprint density at radius 1 is 1.09 bits per heavy atom. The smallest absolute Gasteiger partial charge is 0.268 e. The van der Waals surface area contributed by atoms with Crippen LogP contribution in [0, 0.1) is 0 Å². The zero-order valence-electron chi connectivity index (χ0n) is 19.6. The molecular weight excluding hydrogens is 442 g/mol. The maximum absolute atomic E-state index is 12.4. The van der Waals surface area contributed by atoms with E-state index < -0.39 is 12.0 Å². The van der Waals surface area contributed by atoms with Gasteiger partial charge in [-0.15, -0.1) is 0 Å². The number of hydrogen-bond donors (Lipinski definition) is 3. The van der Waals surface area contributed by atoms with Crippen molar-refractivity contribution < 1.29 is 14.7 Å². The topological polar surface area (TPSA) is 115 Å². The second-order valence-corrected chi connectivity index (χ2v) is 8.79. The second-order valence-electron chi connectivity index (χ2n) is 8.79. The summed E-state index contributed by atoms with van der Waals surface area (Å²) in [5.41, 5.74) is 8.47. The molecule has 4 rings (SSSR count). The average molecular weight is 474 g/mol. The molecule has 4 aromatic rings. The SMILES string of the molecule is NC(=O)c1cn(C[C@@H](O)CCCn2ccc3ccc(NC(=O)CCCc4ccccc4)cc32)cn1. The van der Waals surface area contributed by atoms with E-state index in [0.29, 0.717) is 19.4 Å². The highest BCUT2D eigenvalue weighted by Crippen LogP contribution is 2.22. The molecular formula is C27H31N5O3. The lowest BCUT2D eigenvalue weighted by molar-refractivity contribution is -0.116. The summed E-state index contributed by atoms with van der Waals surface area (Å²) in [5.74, 6) is -0.569. The average Bonchev–Trinajstić information content (AvgIpc) is 3.47. The number of fused-ring (bicyclic) bond motifs is 1. The van der Waals surface area contributed by atoms with Gasteiger partial charge < -0.3 is 25.3 Å². The van der Waals surface area contributed by atoms with Crippen molar-refractivity contribution in [3.63, 3.8) is 0 Å². The van der Waals surface area contributed by atoms with E-state index in [1.165, 1.54) is 11.9 Å². The molecule has 0 fully saturated rings. The monoisotopic (exact) mass is 473 g/mol. The molecule has 182 valence electrons. The van der Waals surface area contributed by atoms with Gasteiger partial charge in [-0.1, -0.05) is 36.4 Å². The standard InChI is InChI=1S/C27H31N5O3/c28-27(35)24-18-31(19-29-24)17-23(33)9-5-14-32-15-13-21-11-12-22(16-25(21)32)30-26(34)10-4-8-20-6-2-1-3-7-20/h1-3,6-7,11-13,15-16,18-19,23,33H,4-5,8-10,14,17H2,(H2,28,35)(H,30,34)/t23-/m0/s1. The van der Waals surface area contributed by atoms with Gasteiger partial charge in [0.1, 0.15) is 5.69 Å². The van der Waals surface area contributed by atoms with Gasteiger partial charge in [-0.2, -0.15) is 0 Å². The van der Waals surface area contributed by atoms with Crippen LogP contribution < -0.4 is 11.1 Å². The number of aryl methyl sites for hydroxylation is 2. The molecule has 0 aliphatic heterocycles. The summed E-state index contributed by atoms with van der Waals surface area (Å²) in [7, 11) is 0. The number of aliphatic hydroxyl groups excluding tert-OH is 1. The zero-order chi connectivity index (χ0) is 24.6. The Bertz CT molecular complexity index is 1280. The van der Waals surface area contributed by atoms with E-state index in [-0.39, 0.29) is 11.6 Å². The molecule has 0 radical (unpaired) electrons. The summed E-state index contributed by atoms with van der Waals surface area (Å²) in [4.78, 5) is 27.5. The Hall–Kier alpha value is -3.91. The zero-order valence-corrected chi connectivity index (χ0v) is 19.6. The highest BCUT2D eigenvalue weighted by molar-refractivity contribution is 5.93. The van der Waals surface area contributed by atoms with Crippen molar-refractivity contribution in [2.45, 2.75) is 51.3 Å². The minimum atomic E-state index is -0.583. The number of nitrogens with two attached hydrogens (primary N) is 1. The van der Waals surface area contributed by atoms with Crippen LogP contribution in [0.2, 0.25) is 0 Å². The van der Waals surface area contributed by atoms with Gasteiger partial charge in [-0.25, -0.2) is 4.98 Å². The molecule has 2 aromatic carbocycles. The van der Waals surface area contributed by atoms with E-state index in [2.05, 4.69) is 27.0 Å². The fourth-order valence-electron chi connectivity index (χ4n) is 4.20. The molecule has 2 amide bonds. The number of carbonyl (C=O) groups excluding carboxylic acids is 2. The van der Waals surface area contributed by atoms with Gasteiger partial charge in [0.15, 0.2) is 0 Å². The lowest BCUT2D eigenvalue weighted by Crippen LogP contribution is -2.16. The summed E-state index contributed by atoms with van der Waals surface area (Å²) in [5, 5.41) is 14.5. The van der Waals surface area contributed by atoms with Crippen LogP contribution in [-0.4, -0.2) is 37.1 Å². The normalized spacial score (nSPS) is 12.0. The van der Waals surface area contributed by atoms with Crippen molar-refractivity contribution in [3.05, 3.63) is 84.6 Å². The van der Waals surface area contributed by atoms with Crippen LogP contribution in [0.1, 0.15) is 41.7 Å². The van der Waals surface area contributed by atoms with Crippen LogP contribution in [0.15, 0.2) is 73.3 Å². The lowest BCUT2D eigenvalue weighted by Gasteiger charge is -2.12. The summed E-state index contributed by atoms with van der Waals surface area (Å²) in [6, 6.07) is 18.2. The fourth-order valence-corrected chi connectivity index (χ4v) is 4.20. The van der Waals surface area contributed by atoms with Gasteiger partial charge >= 0.3 is 0 Å². The van der Waals surface area contributed by atoms with Crippen molar-refractivity contribution in [2.75, 3.05) is 5.32 Å². The van der Waals surface area contributed by atoms with E-state index in [9.17, 15) is 14.7 Å². The van der Waals surface area contributed by atoms with Gasteiger partial charge in [0.05, 0.1) is 17.9 Å². The number of anilines is 1. The van der Waals surface area contributed by atoms with Crippen molar-refractivity contribution in [1.29, 1.82) is 0 Å². The Morgan fingerprint density at radius 2 is 1.91 bits per heavy atom. The number of hydrogen-bond acceptors (Lipinski definition) is 4. The minimum Gasteiger partial charge on any atom is -0.391 e. The first-order valence-electron chi connectivity index (χ1n) is 11.9. The first-order valence-corrected chi connectivity index (χ1v) is 11.9. The third-order valence-corrected chi connectivity index (χ3v) is 6.01. The Morgan fingerprint density at radius 3 is 2.69 bits per heavy atom. The van der Waals surface area contributed by atoms with Gasteiger partial charge in [-0.05, 0) is 54.8 Å². The number of primary amides is 1. The molecule has 0 unspecified atom stereocenters. The Balaban J connectivity index is 1.26. The van der Waals surface area contributed by atoms with E-state index in [0.717, 1.165) is 42.4 Å². The van der Waals surface area contributed by atoms with Crippen molar-refractivity contribution in [3.8, 4) is 0 Å². The first kappa shape index (κ1) is 24.2. The number of rotatable bonds is 12. The van der Waals surface area contributed by atoms with Crippen LogP contribution in [-0.2, 0) is 24.3 Å². The molecule has 2 aromatic heterocycles. The Labute approximate surface area is 204 Å². The molecule has 0 saturated heterocycles.